The normalized spacial score (nSPS) is 10.3. The van der Waals surface area contributed by atoms with Crippen molar-refractivity contribution >= 4 is 34.4 Å². The van der Waals surface area contributed by atoms with E-state index in [4.69, 9.17) is 8.94 Å². The Morgan fingerprint density at radius 3 is 1.31 bits per heavy atom. The smallest absolute Gasteiger partial charge is 0.228 e. The summed E-state index contributed by atoms with van der Waals surface area (Å²) < 4.78 is 22.0. The van der Waals surface area contributed by atoms with Crippen molar-refractivity contribution in [3.63, 3.8) is 0 Å². The van der Waals surface area contributed by atoms with Gasteiger partial charge in [-0.1, -0.05) is 149 Å². The molecule has 0 N–H and O–H groups in total. The number of rotatable bonds is 10. The van der Waals surface area contributed by atoms with Crippen LogP contribution in [0.15, 0.2) is 118 Å². The van der Waals surface area contributed by atoms with Crippen molar-refractivity contribution in [1.82, 2.24) is 104 Å². The highest BCUT2D eigenvalue weighted by molar-refractivity contribution is 7.09. The van der Waals surface area contributed by atoms with Crippen LogP contribution in [0.25, 0.3) is 0 Å². The van der Waals surface area contributed by atoms with Crippen molar-refractivity contribution < 1.29 is 13.5 Å². The van der Waals surface area contributed by atoms with Crippen molar-refractivity contribution in [2.45, 2.75) is 198 Å². The van der Waals surface area contributed by atoms with Crippen LogP contribution in [0, 0.1) is 0 Å². The van der Waals surface area contributed by atoms with Gasteiger partial charge >= 0.3 is 0 Å². The summed E-state index contributed by atoms with van der Waals surface area (Å²) in [7, 11) is 0. The maximum absolute atomic E-state index is 4.87. The van der Waals surface area contributed by atoms with Gasteiger partial charge in [0, 0.05) is 90.2 Å². The molecule has 84 heavy (non-hydrogen) atoms. The van der Waals surface area contributed by atoms with Gasteiger partial charge < -0.3 is 13.5 Å². The van der Waals surface area contributed by atoms with Crippen molar-refractivity contribution in [2.24, 2.45) is 0 Å². The number of aromatic nitrogens is 21. The molecular weight excluding hydrogens is 1120 g/mol. The standard InChI is InChI=1S/3C7H10N2.C6H9N3.3C5H8N2O.3C5H8N2S/c1-6(2)7-5-8-3-4-9-7;1-6(2)7-3-4-8-5-9-7;1-6(2)7-8-4-3-5-9-7;1-5(2)6-8-3-7-4-9-6;1-4(2)5-7-6-3-8-5;1-4(2)5-6-3-8-7-5;1-4(2)5-6-3-7-8-5;1-4(2)5-7-6-3-8-5;1-4(2)5-6-3-8-7-5;1-4(2)5-6-3-7-8-5/h3*3-6H,1-2H3;3-5H,1-2H3;6*3-4H,1-2H3. The molecule has 0 unspecified atom stereocenters. The molecule has 0 amide bonds. The fourth-order valence-electron chi connectivity index (χ4n) is 5.01. The highest BCUT2D eigenvalue weighted by Gasteiger charge is 2.05. The Kier molecular flexibility index (Phi) is 39.7. The summed E-state index contributed by atoms with van der Waals surface area (Å²) in [5.74, 6) is 9.30. The molecule has 0 saturated carbocycles. The number of nitrogens with zero attached hydrogens (tertiary/aromatic N) is 21. The van der Waals surface area contributed by atoms with E-state index in [1.807, 2.05) is 53.7 Å². The summed E-state index contributed by atoms with van der Waals surface area (Å²) in [5.41, 5.74) is 5.67. The van der Waals surface area contributed by atoms with Crippen LogP contribution in [-0.2, 0) is 0 Å². The number of hydrogen-bond acceptors (Lipinski definition) is 27. The molecule has 0 spiro atoms. The third-order valence-corrected chi connectivity index (χ3v) is 12.2. The fourth-order valence-corrected chi connectivity index (χ4v) is 6.66. The molecule has 0 saturated heterocycles. The zero-order valence-electron chi connectivity index (χ0n) is 52.4. The predicted molar refractivity (Wildman–Crippen MR) is 329 cm³/mol. The van der Waals surface area contributed by atoms with E-state index in [1.165, 1.54) is 54.8 Å². The first-order valence-corrected chi connectivity index (χ1v) is 30.0. The van der Waals surface area contributed by atoms with Crippen molar-refractivity contribution in [3.8, 4) is 0 Å². The zero-order chi connectivity index (χ0) is 62.7. The maximum atomic E-state index is 4.87. The lowest BCUT2D eigenvalue weighted by Gasteiger charge is -1.99. The second-order valence-electron chi connectivity index (χ2n) is 20.6. The highest BCUT2D eigenvalue weighted by atomic mass is 32.1. The molecule has 0 radical (unpaired) electrons. The Morgan fingerprint density at radius 1 is 0.405 bits per heavy atom. The third-order valence-electron chi connectivity index (χ3n) is 9.78. The lowest BCUT2D eigenvalue weighted by Crippen LogP contribution is -1.95. The van der Waals surface area contributed by atoms with Crippen molar-refractivity contribution in [2.75, 3.05) is 0 Å². The molecule has 10 heterocycles. The van der Waals surface area contributed by atoms with E-state index in [0.29, 0.717) is 71.0 Å². The van der Waals surface area contributed by atoms with Gasteiger partial charge in [-0.2, -0.15) is 18.7 Å². The van der Waals surface area contributed by atoms with E-state index in [2.05, 4.69) is 206 Å². The molecule has 456 valence electrons. The molecule has 10 rings (SSSR count). The molecule has 10 aromatic heterocycles. The van der Waals surface area contributed by atoms with Gasteiger partial charge in [0.15, 0.2) is 12.2 Å². The van der Waals surface area contributed by atoms with Crippen LogP contribution in [-0.4, -0.2) is 104 Å². The number of hydrogen-bond donors (Lipinski definition) is 0. The van der Waals surface area contributed by atoms with E-state index < -0.39 is 0 Å². The van der Waals surface area contributed by atoms with E-state index in [1.54, 1.807) is 72.2 Å². The molecule has 0 bridgehead atoms. The van der Waals surface area contributed by atoms with Gasteiger partial charge in [-0.25, -0.2) is 44.9 Å². The summed E-state index contributed by atoms with van der Waals surface area (Å²) in [4.78, 5) is 51.4. The van der Waals surface area contributed by atoms with E-state index in [0.717, 1.165) is 44.7 Å². The largest absolute Gasteiger partial charge is 0.428 e. The summed E-state index contributed by atoms with van der Waals surface area (Å²) >= 11 is 4.49. The van der Waals surface area contributed by atoms with Gasteiger partial charge in [0.05, 0.1) is 5.69 Å². The molecule has 24 nitrogen and oxygen atoms in total. The zero-order valence-corrected chi connectivity index (χ0v) is 54.9. The first kappa shape index (κ1) is 74.4. The predicted octanol–water partition coefficient (Wildman–Crippen LogP) is 14.4. The monoisotopic (exact) mass is 1210 g/mol. The Morgan fingerprint density at radius 2 is 1.02 bits per heavy atom. The van der Waals surface area contributed by atoms with Gasteiger partial charge in [0.1, 0.15) is 63.8 Å². The minimum absolute atomic E-state index is 0.345. The topological polar surface area (TPSA) is 310 Å². The second kappa shape index (κ2) is 44.9. The summed E-state index contributed by atoms with van der Waals surface area (Å²) in [5, 5.41) is 24.1. The Hall–Kier alpha value is -7.65. The van der Waals surface area contributed by atoms with Crippen LogP contribution in [0.5, 0.6) is 0 Å². The van der Waals surface area contributed by atoms with Gasteiger partial charge in [-0.05, 0) is 47.0 Å². The maximum Gasteiger partial charge on any atom is 0.228 e. The molecular formula is C57H87N21O3S3. The van der Waals surface area contributed by atoms with E-state index in [-0.39, 0.29) is 0 Å². The average molecular weight is 1210 g/mol. The molecule has 0 atom stereocenters. The molecule has 27 heteroatoms. The third kappa shape index (κ3) is 35.4. The van der Waals surface area contributed by atoms with Crippen LogP contribution in [0.2, 0.25) is 0 Å². The Bertz CT molecular complexity index is 2430. The molecule has 0 aliphatic carbocycles. The average Bonchev–Trinajstić information content (AvgIpc) is 4.35. The lowest BCUT2D eigenvalue weighted by molar-refractivity contribution is 0.364. The molecule has 10 aromatic rings. The van der Waals surface area contributed by atoms with E-state index >= 15 is 0 Å². The molecule has 0 aliphatic heterocycles. The van der Waals surface area contributed by atoms with Gasteiger partial charge in [0.25, 0.3) is 0 Å². The van der Waals surface area contributed by atoms with Crippen LogP contribution in [0.4, 0.5) is 0 Å². The minimum atomic E-state index is 0.345. The quantitative estimate of drug-likeness (QED) is 0.123. The van der Waals surface area contributed by atoms with Gasteiger partial charge in [-0.15, -0.1) is 31.7 Å². The SMILES string of the molecule is CC(C)c1ccncn1.CC(C)c1cnccn1.CC(C)c1ncccn1.CC(C)c1ncncn1.CC(C)c1ncno1.CC(C)c1ncns1.CC(C)c1ncon1.CC(C)c1ncsn1.CC(C)c1nnco1.CC(C)c1nncs1. The molecule has 0 aromatic carbocycles. The highest BCUT2D eigenvalue weighted by Crippen LogP contribution is 2.15. The van der Waals surface area contributed by atoms with Gasteiger partial charge in [0.2, 0.25) is 24.6 Å². The van der Waals surface area contributed by atoms with Crippen molar-refractivity contribution in [1.29, 1.82) is 0 Å². The Balaban J connectivity index is 0.000000467. The van der Waals surface area contributed by atoms with Crippen LogP contribution >= 0.6 is 34.4 Å². The summed E-state index contributed by atoms with van der Waals surface area (Å²) in [6.07, 6.45) is 20.8. The summed E-state index contributed by atoms with van der Waals surface area (Å²) in [6, 6.07) is 3.76. The van der Waals surface area contributed by atoms with Crippen LogP contribution < -0.4 is 0 Å². The van der Waals surface area contributed by atoms with Gasteiger partial charge in [-0.3, -0.25) is 9.97 Å². The van der Waals surface area contributed by atoms with Crippen LogP contribution in [0.1, 0.15) is 254 Å². The molecule has 0 aliphatic rings. The summed E-state index contributed by atoms with van der Waals surface area (Å²) in [6.45, 7) is 41.4. The first-order chi connectivity index (χ1) is 40.0. The minimum Gasteiger partial charge on any atom is -0.428 e. The lowest BCUT2D eigenvalue weighted by atomic mass is 10.1. The van der Waals surface area contributed by atoms with Crippen molar-refractivity contribution in [3.05, 3.63) is 161 Å². The van der Waals surface area contributed by atoms with Crippen LogP contribution in [0.3, 0.4) is 0 Å². The second-order valence-corrected chi connectivity index (χ2v) is 22.9. The van der Waals surface area contributed by atoms with E-state index in [9.17, 15) is 0 Å². The molecule has 0 fully saturated rings. The Labute approximate surface area is 508 Å². The first-order valence-electron chi connectivity index (χ1n) is 27.5. The fraction of sp³-hybridized carbons (Fsp3) is 0.526.